The summed E-state index contributed by atoms with van der Waals surface area (Å²) in [6, 6.07) is 12.1. The Morgan fingerprint density at radius 3 is 2.55 bits per heavy atom. The van der Waals surface area contributed by atoms with Crippen LogP contribution in [0.3, 0.4) is 0 Å². The molecule has 0 saturated heterocycles. The third kappa shape index (κ3) is 3.08. The van der Waals surface area contributed by atoms with E-state index in [0.717, 1.165) is 22.6 Å². The van der Waals surface area contributed by atoms with Crippen LogP contribution in [0.4, 0.5) is 0 Å². The molecule has 106 valence electrons. The smallest absolute Gasteiger partial charge is 0.275 e. The highest BCUT2D eigenvalue weighted by atomic mass is 16.5. The number of ether oxygens (including phenoxy) is 1. The molecule has 2 rings (SSSR count). The molecule has 0 aliphatic heterocycles. The van der Waals surface area contributed by atoms with E-state index in [2.05, 4.69) is 18.2 Å². The molecule has 0 aromatic heterocycles. The molecule has 0 aliphatic rings. The standard InChI is InChI=1S/C16H20N2O2/c1-11(16(17)19)18(2)10-12-4-5-14-9-15(20-3)7-6-13(14)8-12/h4-9,11H,10H2,1-3H3,(H2,17,19)/p+1/t11-/m0/s1. The number of fused-ring (bicyclic) bond motifs is 1. The van der Waals surface area contributed by atoms with E-state index in [0.29, 0.717) is 0 Å². The van der Waals surface area contributed by atoms with Gasteiger partial charge < -0.3 is 15.4 Å². The number of likely N-dealkylation sites (N-methyl/N-ethyl adjacent to an activating group) is 1. The lowest BCUT2D eigenvalue weighted by Gasteiger charge is -2.19. The van der Waals surface area contributed by atoms with Gasteiger partial charge in [-0.2, -0.15) is 0 Å². The van der Waals surface area contributed by atoms with Gasteiger partial charge in [-0.25, -0.2) is 0 Å². The van der Waals surface area contributed by atoms with Gasteiger partial charge >= 0.3 is 0 Å². The number of hydrogen-bond acceptors (Lipinski definition) is 2. The second-order valence-electron chi connectivity index (χ2n) is 5.19. The molecule has 1 unspecified atom stereocenters. The Balaban J connectivity index is 2.22. The maximum absolute atomic E-state index is 11.2. The third-order valence-electron chi connectivity index (χ3n) is 3.76. The average Bonchev–Trinajstić information content (AvgIpc) is 2.45. The van der Waals surface area contributed by atoms with Crippen molar-refractivity contribution in [1.29, 1.82) is 0 Å². The van der Waals surface area contributed by atoms with Crippen molar-refractivity contribution in [2.75, 3.05) is 14.2 Å². The van der Waals surface area contributed by atoms with E-state index >= 15 is 0 Å². The largest absolute Gasteiger partial charge is 0.497 e. The molecule has 1 amide bonds. The summed E-state index contributed by atoms with van der Waals surface area (Å²) in [5.74, 6) is 0.586. The van der Waals surface area contributed by atoms with Crippen molar-refractivity contribution in [3.63, 3.8) is 0 Å². The molecular weight excluding hydrogens is 252 g/mol. The fourth-order valence-corrected chi connectivity index (χ4v) is 2.23. The van der Waals surface area contributed by atoms with Crippen LogP contribution in [0.15, 0.2) is 36.4 Å². The molecule has 0 bridgehead atoms. The van der Waals surface area contributed by atoms with Gasteiger partial charge in [0.1, 0.15) is 12.3 Å². The molecule has 2 aromatic carbocycles. The summed E-state index contributed by atoms with van der Waals surface area (Å²) in [5.41, 5.74) is 6.53. The summed E-state index contributed by atoms with van der Waals surface area (Å²) < 4.78 is 5.22. The van der Waals surface area contributed by atoms with Gasteiger partial charge in [0.15, 0.2) is 6.04 Å². The number of nitrogens with two attached hydrogens (primary N) is 1. The molecule has 20 heavy (non-hydrogen) atoms. The Hall–Kier alpha value is -2.07. The molecule has 0 aliphatic carbocycles. The number of amides is 1. The molecule has 0 fully saturated rings. The SMILES string of the molecule is COc1ccc2cc(C[NH+](C)[C@@H](C)C(N)=O)ccc2c1. The van der Waals surface area contributed by atoms with Gasteiger partial charge in [-0.1, -0.05) is 18.2 Å². The van der Waals surface area contributed by atoms with Crippen LogP contribution < -0.4 is 15.4 Å². The summed E-state index contributed by atoms with van der Waals surface area (Å²) in [7, 11) is 3.65. The minimum absolute atomic E-state index is 0.193. The molecule has 0 heterocycles. The molecule has 4 nitrogen and oxygen atoms in total. The molecule has 3 N–H and O–H groups in total. The molecule has 2 atom stereocenters. The first-order valence-corrected chi connectivity index (χ1v) is 6.69. The van der Waals surface area contributed by atoms with Gasteiger partial charge in [-0.15, -0.1) is 0 Å². The van der Waals surface area contributed by atoms with E-state index < -0.39 is 0 Å². The minimum Gasteiger partial charge on any atom is -0.497 e. The lowest BCUT2D eigenvalue weighted by Crippen LogP contribution is -3.12. The summed E-state index contributed by atoms with van der Waals surface area (Å²) in [6.45, 7) is 2.62. The number of rotatable bonds is 5. The van der Waals surface area contributed by atoms with Crippen LogP contribution in [-0.2, 0) is 11.3 Å². The monoisotopic (exact) mass is 273 g/mol. The molecule has 0 spiro atoms. The molecule has 2 aromatic rings. The van der Waals surface area contributed by atoms with Crippen LogP contribution in [0.5, 0.6) is 5.75 Å². The van der Waals surface area contributed by atoms with Crippen LogP contribution in [-0.4, -0.2) is 26.1 Å². The number of carbonyl (C=O) groups is 1. The second kappa shape index (κ2) is 5.92. The van der Waals surface area contributed by atoms with Crippen LogP contribution in [0.25, 0.3) is 10.8 Å². The summed E-state index contributed by atoms with van der Waals surface area (Å²) in [5, 5.41) is 2.32. The molecule has 0 radical (unpaired) electrons. The zero-order valence-electron chi connectivity index (χ0n) is 12.1. The second-order valence-corrected chi connectivity index (χ2v) is 5.19. The Bertz CT molecular complexity index is 625. The zero-order chi connectivity index (χ0) is 14.7. The van der Waals surface area contributed by atoms with Gasteiger partial charge in [-0.05, 0) is 35.9 Å². The van der Waals surface area contributed by atoms with Gasteiger partial charge in [0.05, 0.1) is 14.2 Å². The van der Waals surface area contributed by atoms with Crippen molar-refractivity contribution >= 4 is 16.7 Å². The topological polar surface area (TPSA) is 56.8 Å². The van der Waals surface area contributed by atoms with Crippen LogP contribution in [0.1, 0.15) is 12.5 Å². The summed E-state index contributed by atoms with van der Waals surface area (Å²) in [4.78, 5) is 12.3. The number of hydrogen-bond donors (Lipinski definition) is 2. The maximum atomic E-state index is 11.2. The molecule has 0 saturated carbocycles. The Kier molecular flexibility index (Phi) is 4.25. The van der Waals surface area contributed by atoms with Crippen LogP contribution in [0.2, 0.25) is 0 Å². The highest BCUT2D eigenvalue weighted by Crippen LogP contribution is 2.21. The van der Waals surface area contributed by atoms with E-state index in [4.69, 9.17) is 10.5 Å². The van der Waals surface area contributed by atoms with E-state index in [-0.39, 0.29) is 11.9 Å². The minimum atomic E-state index is -0.270. The van der Waals surface area contributed by atoms with E-state index in [9.17, 15) is 4.79 Å². The van der Waals surface area contributed by atoms with Gasteiger partial charge in [0.2, 0.25) is 0 Å². The highest BCUT2D eigenvalue weighted by Gasteiger charge is 2.18. The normalized spacial score (nSPS) is 13.9. The lowest BCUT2D eigenvalue weighted by atomic mass is 10.1. The van der Waals surface area contributed by atoms with Crippen molar-refractivity contribution in [2.45, 2.75) is 19.5 Å². The number of benzene rings is 2. The predicted molar refractivity (Wildman–Crippen MR) is 79.7 cm³/mol. The molecule has 4 heteroatoms. The van der Waals surface area contributed by atoms with Gasteiger partial charge in [-0.3, -0.25) is 4.79 Å². The van der Waals surface area contributed by atoms with Gasteiger partial charge in [0.25, 0.3) is 5.91 Å². The number of methoxy groups -OCH3 is 1. The van der Waals surface area contributed by atoms with Crippen LogP contribution in [0, 0.1) is 0 Å². The maximum Gasteiger partial charge on any atom is 0.275 e. The quantitative estimate of drug-likeness (QED) is 0.844. The summed E-state index contributed by atoms with van der Waals surface area (Å²) >= 11 is 0. The Morgan fingerprint density at radius 1 is 1.25 bits per heavy atom. The number of carbonyl (C=O) groups excluding carboxylic acids is 1. The first-order chi connectivity index (χ1) is 9.51. The van der Waals surface area contributed by atoms with Crippen molar-refractivity contribution in [1.82, 2.24) is 0 Å². The zero-order valence-corrected chi connectivity index (χ0v) is 12.1. The third-order valence-corrected chi connectivity index (χ3v) is 3.76. The first-order valence-electron chi connectivity index (χ1n) is 6.69. The predicted octanol–water partition coefficient (Wildman–Crippen LogP) is 0.737. The van der Waals surface area contributed by atoms with E-state index in [1.807, 2.05) is 32.2 Å². The first kappa shape index (κ1) is 14.3. The number of primary amides is 1. The Morgan fingerprint density at radius 2 is 1.90 bits per heavy atom. The lowest BCUT2D eigenvalue weighted by molar-refractivity contribution is -0.908. The fraction of sp³-hybridized carbons (Fsp3) is 0.312. The molecular formula is C16H21N2O2+. The number of quaternary nitrogens is 1. The fourth-order valence-electron chi connectivity index (χ4n) is 2.23. The van der Waals surface area contributed by atoms with Crippen LogP contribution >= 0.6 is 0 Å². The van der Waals surface area contributed by atoms with Crippen molar-refractivity contribution < 1.29 is 14.4 Å². The van der Waals surface area contributed by atoms with E-state index in [1.54, 1.807) is 7.11 Å². The van der Waals surface area contributed by atoms with Crippen molar-refractivity contribution in [3.05, 3.63) is 42.0 Å². The highest BCUT2D eigenvalue weighted by molar-refractivity contribution is 5.84. The number of nitrogens with one attached hydrogen (secondary N) is 1. The van der Waals surface area contributed by atoms with E-state index in [1.165, 1.54) is 10.9 Å². The van der Waals surface area contributed by atoms with Gasteiger partial charge in [0, 0.05) is 5.56 Å². The average molecular weight is 273 g/mol. The summed E-state index contributed by atoms with van der Waals surface area (Å²) in [6.07, 6.45) is 0. The van der Waals surface area contributed by atoms with Crippen molar-refractivity contribution in [3.8, 4) is 5.75 Å². The Labute approximate surface area is 119 Å². The van der Waals surface area contributed by atoms with Crippen molar-refractivity contribution in [2.24, 2.45) is 5.73 Å².